The fourth-order valence-corrected chi connectivity index (χ4v) is 2.46. The van der Waals surface area contributed by atoms with E-state index in [0.29, 0.717) is 17.0 Å². The third-order valence-electron chi connectivity index (χ3n) is 3.22. The number of hydrogen-bond donors (Lipinski definition) is 2. The number of H-pyrrole nitrogens is 1. The molecule has 2 N–H and O–H groups in total. The number of aromatic nitrogens is 3. The zero-order chi connectivity index (χ0) is 15.9. The summed E-state index contributed by atoms with van der Waals surface area (Å²) >= 11 is 12.0. The van der Waals surface area contributed by atoms with Crippen molar-refractivity contribution in [3.63, 3.8) is 0 Å². The van der Waals surface area contributed by atoms with Crippen molar-refractivity contribution in [2.75, 3.05) is 5.32 Å². The first-order chi connectivity index (χ1) is 10.5. The van der Waals surface area contributed by atoms with Gasteiger partial charge in [-0.2, -0.15) is 5.26 Å². The van der Waals surface area contributed by atoms with E-state index < -0.39 is 0 Å². The molecule has 22 heavy (non-hydrogen) atoms. The Hall–Kier alpha value is -2.49. The van der Waals surface area contributed by atoms with Crippen LogP contribution in [-0.4, -0.2) is 14.5 Å². The Morgan fingerprint density at radius 2 is 2.14 bits per heavy atom. The van der Waals surface area contributed by atoms with E-state index in [1.54, 1.807) is 25.2 Å². The van der Waals surface area contributed by atoms with Gasteiger partial charge in [-0.25, -0.2) is 9.78 Å². The van der Waals surface area contributed by atoms with Crippen molar-refractivity contribution in [3.05, 3.63) is 50.5 Å². The van der Waals surface area contributed by atoms with Crippen LogP contribution in [0, 0.1) is 11.3 Å². The number of imidazole rings is 1. The molecule has 0 bridgehead atoms. The minimum Gasteiger partial charge on any atom is -0.339 e. The molecule has 110 valence electrons. The van der Waals surface area contributed by atoms with E-state index in [0.717, 1.165) is 5.52 Å². The van der Waals surface area contributed by atoms with Crippen LogP contribution in [0.1, 0.15) is 5.56 Å². The average molecular weight is 334 g/mol. The van der Waals surface area contributed by atoms with Crippen LogP contribution in [0.3, 0.4) is 0 Å². The molecule has 0 atom stereocenters. The van der Waals surface area contributed by atoms with Crippen LogP contribution < -0.4 is 11.0 Å². The number of anilines is 2. The Labute approximate surface area is 134 Å². The maximum atomic E-state index is 11.6. The summed E-state index contributed by atoms with van der Waals surface area (Å²) in [5, 5.41) is 12.3. The van der Waals surface area contributed by atoms with E-state index in [9.17, 15) is 4.79 Å². The number of fused-ring (bicyclic) bond motifs is 1. The molecule has 0 aliphatic rings. The number of benzene rings is 1. The van der Waals surface area contributed by atoms with Gasteiger partial charge in [0.1, 0.15) is 11.2 Å². The number of pyridine rings is 1. The highest BCUT2D eigenvalue weighted by atomic mass is 35.5. The minimum absolute atomic E-state index is 0.0728. The summed E-state index contributed by atoms with van der Waals surface area (Å²) in [4.78, 5) is 18.4. The van der Waals surface area contributed by atoms with Gasteiger partial charge in [0.2, 0.25) is 0 Å². The molecule has 8 heteroatoms. The summed E-state index contributed by atoms with van der Waals surface area (Å²) in [6.07, 6.45) is 0. The van der Waals surface area contributed by atoms with Crippen LogP contribution in [0.5, 0.6) is 0 Å². The number of hydrogen-bond acceptors (Lipinski definition) is 4. The maximum Gasteiger partial charge on any atom is 0.326 e. The van der Waals surface area contributed by atoms with Crippen LogP contribution in [0.4, 0.5) is 11.5 Å². The highest BCUT2D eigenvalue weighted by Gasteiger charge is 2.10. The second kappa shape index (κ2) is 5.37. The van der Waals surface area contributed by atoms with Gasteiger partial charge in [-0.05, 0) is 24.3 Å². The van der Waals surface area contributed by atoms with Crippen molar-refractivity contribution in [2.24, 2.45) is 7.05 Å². The molecule has 6 nitrogen and oxygen atoms in total. The van der Waals surface area contributed by atoms with E-state index in [1.807, 2.05) is 6.07 Å². The summed E-state index contributed by atoms with van der Waals surface area (Å²) in [6, 6.07) is 8.71. The smallest absolute Gasteiger partial charge is 0.326 e. The Morgan fingerprint density at radius 1 is 1.36 bits per heavy atom. The maximum absolute atomic E-state index is 11.6. The number of nitrogens with zero attached hydrogens (tertiary/aromatic N) is 3. The monoisotopic (exact) mass is 333 g/mol. The topological polar surface area (TPSA) is 86.5 Å². The summed E-state index contributed by atoms with van der Waals surface area (Å²) in [5.41, 5.74) is 2.18. The quantitative estimate of drug-likeness (QED) is 0.705. The molecular formula is C14H9Cl2N5O. The van der Waals surface area contributed by atoms with Crippen LogP contribution in [0.2, 0.25) is 10.2 Å². The van der Waals surface area contributed by atoms with Gasteiger partial charge in [0.25, 0.3) is 0 Å². The average Bonchev–Trinajstić information content (AvgIpc) is 2.77. The largest absolute Gasteiger partial charge is 0.339 e. The number of aromatic amines is 1. The molecule has 0 radical (unpaired) electrons. The van der Waals surface area contributed by atoms with Gasteiger partial charge in [-0.1, -0.05) is 23.2 Å². The fourth-order valence-electron chi connectivity index (χ4n) is 2.08. The number of nitriles is 1. The lowest BCUT2D eigenvalue weighted by Gasteiger charge is -2.08. The van der Waals surface area contributed by atoms with E-state index in [-0.39, 0.29) is 21.4 Å². The first kappa shape index (κ1) is 14.4. The highest BCUT2D eigenvalue weighted by molar-refractivity contribution is 6.35. The summed E-state index contributed by atoms with van der Waals surface area (Å²) in [5.74, 6) is 0.336. The molecule has 3 aromatic rings. The van der Waals surface area contributed by atoms with Crippen LogP contribution in [-0.2, 0) is 7.05 Å². The molecule has 2 aromatic heterocycles. The zero-order valence-electron chi connectivity index (χ0n) is 11.3. The van der Waals surface area contributed by atoms with Crippen molar-refractivity contribution in [2.45, 2.75) is 0 Å². The van der Waals surface area contributed by atoms with Gasteiger partial charge in [0.15, 0.2) is 5.82 Å². The van der Waals surface area contributed by atoms with Gasteiger partial charge in [-0.15, -0.1) is 0 Å². The lowest BCUT2D eigenvalue weighted by Crippen LogP contribution is -2.11. The van der Waals surface area contributed by atoms with Gasteiger partial charge in [-0.3, -0.25) is 4.57 Å². The lowest BCUT2D eigenvalue weighted by molar-refractivity contribution is 0.891. The van der Waals surface area contributed by atoms with Gasteiger partial charge >= 0.3 is 5.69 Å². The molecule has 0 saturated carbocycles. The number of nitrogens with one attached hydrogen (secondary N) is 2. The van der Waals surface area contributed by atoms with Crippen molar-refractivity contribution < 1.29 is 0 Å². The van der Waals surface area contributed by atoms with Gasteiger partial charge in [0, 0.05) is 12.7 Å². The second-order valence-electron chi connectivity index (χ2n) is 4.62. The Morgan fingerprint density at radius 3 is 2.86 bits per heavy atom. The minimum atomic E-state index is -0.190. The molecule has 0 fully saturated rings. The Bertz CT molecular complexity index is 983. The molecule has 0 amide bonds. The van der Waals surface area contributed by atoms with Crippen LogP contribution >= 0.6 is 23.2 Å². The predicted octanol–water partition coefficient (Wildman–Crippen LogP) is 3.18. The first-order valence-corrected chi connectivity index (χ1v) is 6.97. The number of halogens is 2. The molecular weight excluding hydrogens is 325 g/mol. The van der Waals surface area contributed by atoms with E-state index in [4.69, 9.17) is 28.5 Å². The molecule has 0 unspecified atom stereocenters. The molecule has 0 spiro atoms. The lowest BCUT2D eigenvalue weighted by atomic mass is 10.2. The molecule has 3 rings (SSSR count). The summed E-state index contributed by atoms with van der Waals surface area (Å²) < 4.78 is 1.52. The summed E-state index contributed by atoms with van der Waals surface area (Å²) in [6.45, 7) is 0. The van der Waals surface area contributed by atoms with Crippen molar-refractivity contribution >= 4 is 45.7 Å². The van der Waals surface area contributed by atoms with Crippen LogP contribution in [0.15, 0.2) is 29.1 Å². The molecule has 0 aliphatic carbocycles. The second-order valence-corrected chi connectivity index (χ2v) is 5.38. The Kier molecular flexibility index (Phi) is 3.53. The van der Waals surface area contributed by atoms with Gasteiger partial charge < -0.3 is 10.3 Å². The number of rotatable bonds is 2. The van der Waals surface area contributed by atoms with Crippen molar-refractivity contribution in [3.8, 4) is 6.07 Å². The van der Waals surface area contributed by atoms with Crippen molar-refractivity contribution in [1.29, 1.82) is 5.26 Å². The number of aryl methyl sites for hydroxylation is 1. The molecule has 1 aromatic carbocycles. The van der Waals surface area contributed by atoms with Gasteiger partial charge in [0.05, 0.1) is 21.6 Å². The predicted molar refractivity (Wildman–Crippen MR) is 85.8 cm³/mol. The normalized spacial score (nSPS) is 10.6. The molecule has 0 saturated heterocycles. The van der Waals surface area contributed by atoms with Crippen LogP contribution in [0.25, 0.3) is 11.0 Å². The third kappa shape index (κ3) is 2.41. The highest BCUT2D eigenvalue weighted by Crippen LogP contribution is 2.28. The van der Waals surface area contributed by atoms with Crippen molar-refractivity contribution in [1.82, 2.24) is 14.5 Å². The fraction of sp³-hybridized carbons (Fsp3) is 0.0714. The summed E-state index contributed by atoms with van der Waals surface area (Å²) in [7, 11) is 1.69. The van der Waals surface area contributed by atoms with E-state index in [2.05, 4.69) is 15.3 Å². The molecule has 0 aliphatic heterocycles. The van der Waals surface area contributed by atoms with E-state index >= 15 is 0 Å². The SMILES string of the molecule is Cn1c(=O)[nH]c2cc(Nc3nc(Cl)c(C#N)cc3Cl)ccc21. The Balaban J connectivity index is 2.02. The van der Waals surface area contributed by atoms with E-state index in [1.165, 1.54) is 10.6 Å². The first-order valence-electron chi connectivity index (χ1n) is 6.21. The zero-order valence-corrected chi connectivity index (χ0v) is 12.8. The standard InChI is InChI=1S/C14H9Cl2N5O/c1-21-11-3-2-8(5-10(11)19-14(21)22)18-13-9(15)4-7(6-17)12(16)20-13/h2-5H,1H3,(H,18,20)(H,19,22). The third-order valence-corrected chi connectivity index (χ3v) is 3.79. The molecule has 2 heterocycles.